The van der Waals surface area contributed by atoms with Gasteiger partial charge in [-0.25, -0.2) is 8.42 Å². The zero-order valence-corrected chi connectivity index (χ0v) is 13.1. The minimum absolute atomic E-state index is 0.104. The van der Waals surface area contributed by atoms with E-state index in [1.807, 2.05) is 29.7 Å². The van der Waals surface area contributed by atoms with Crippen molar-refractivity contribution in [2.24, 2.45) is 0 Å². The molecular formula is C13H11ClO2S3. The molecule has 0 aliphatic carbocycles. The highest BCUT2D eigenvalue weighted by atomic mass is 35.5. The summed E-state index contributed by atoms with van der Waals surface area (Å²) in [6, 6.07) is 7.65. The molecule has 1 aromatic carbocycles. The highest BCUT2D eigenvalue weighted by Gasteiger charge is 2.34. The Balaban J connectivity index is 1.90. The summed E-state index contributed by atoms with van der Waals surface area (Å²) in [5, 5.41) is 2.68. The van der Waals surface area contributed by atoms with Crippen LogP contribution >= 0.6 is 35.1 Å². The van der Waals surface area contributed by atoms with Crippen LogP contribution in [0.15, 0.2) is 50.5 Å². The van der Waals surface area contributed by atoms with Crippen LogP contribution < -0.4 is 0 Å². The molecule has 1 aromatic rings. The summed E-state index contributed by atoms with van der Waals surface area (Å²) in [6.07, 6.45) is 2.71. The Morgan fingerprint density at radius 1 is 1.37 bits per heavy atom. The number of hydrogen-bond donors (Lipinski definition) is 0. The molecule has 0 aromatic heterocycles. The molecule has 0 radical (unpaired) electrons. The lowest BCUT2D eigenvalue weighted by molar-refractivity contribution is 0.606. The first-order valence-electron chi connectivity index (χ1n) is 5.78. The topological polar surface area (TPSA) is 34.1 Å². The van der Waals surface area contributed by atoms with Gasteiger partial charge in [0, 0.05) is 9.92 Å². The van der Waals surface area contributed by atoms with Crippen molar-refractivity contribution in [3.05, 3.63) is 50.6 Å². The maximum Gasteiger partial charge on any atom is 0.184 e. The molecule has 2 aliphatic heterocycles. The lowest BCUT2D eigenvalue weighted by Crippen LogP contribution is -2.06. The molecule has 0 amide bonds. The van der Waals surface area contributed by atoms with Crippen molar-refractivity contribution in [3.63, 3.8) is 0 Å². The monoisotopic (exact) mass is 330 g/mol. The molecule has 0 spiro atoms. The number of hydrogen-bond acceptors (Lipinski definition) is 4. The van der Waals surface area contributed by atoms with Crippen LogP contribution in [0.3, 0.4) is 0 Å². The van der Waals surface area contributed by atoms with E-state index in [9.17, 15) is 8.42 Å². The Hall–Kier alpha value is -0.360. The van der Waals surface area contributed by atoms with Gasteiger partial charge in [0.25, 0.3) is 0 Å². The molecule has 0 N–H and O–H groups in total. The zero-order chi connectivity index (χ0) is 13.5. The third-order valence-electron chi connectivity index (χ3n) is 3.02. The van der Waals surface area contributed by atoms with Gasteiger partial charge in [0.05, 0.1) is 11.0 Å². The number of rotatable bonds is 2. The standard InChI is InChI=1S/C13H11ClO2S3/c14-9-2-1-3-10(8-9)18-12-4-6-17-13-11(12)5-7-19(13,15)16/h1-4,6,8,12H,5,7H2. The average Bonchev–Trinajstić information content (AvgIpc) is 2.67. The molecule has 0 saturated carbocycles. The zero-order valence-electron chi connectivity index (χ0n) is 9.87. The molecular weight excluding hydrogens is 320 g/mol. The molecule has 0 fully saturated rings. The van der Waals surface area contributed by atoms with Crippen molar-refractivity contribution in [3.8, 4) is 0 Å². The fourth-order valence-electron chi connectivity index (χ4n) is 2.13. The van der Waals surface area contributed by atoms with Gasteiger partial charge in [0.15, 0.2) is 9.84 Å². The van der Waals surface area contributed by atoms with Gasteiger partial charge in [-0.2, -0.15) is 0 Å². The van der Waals surface area contributed by atoms with E-state index >= 15 is 0 Å². The Labute approximate surface area is 126 Å². The van der Waals surface area contributed by atoms with Crippen LogP contribution in [0.25, 0.3) is 0 Å². The van der Waals surface area contributed by atoms with Crippen molar-refractivity contribution in [1.82, 2.24) is 0 Å². The van der Waals surface area contributed by atoms with Gasteiger partial charge in [0.1, 0.15) is 4.24 Å². The van der Waals surface area contributed by atoms with Crippen LogP contribution in [0, 0.1) is 0 Å². The molecule has 19 heavy (non-hydrogen) atoms. The minimum atomic E-state index is -3.03. The summed E-state index contributed by atoms with van der Waals surface area (Å²) in [7, 11) is -3.03. The molecule has 0 saturated heterocycles. The van der Waals surface area contributed by atoms with E-state index in [1.165, 1.54) is 11.8 Å². The Morgan fingerprint density at radius 2 is 2.21 bits per heavy atom. The number of sulfone groups is 1. The predicted molar refractivity (Wildman–Crippen MR) is 83.3 cm³/mol. The second kappa shape index (κ2) is 5.20. The van der Waals surface area contributed by atoms with Crippen LogP contribution in [0.5, 0.6) is 0 Å². The molecule has 6 heteroatoms. The number of halogens is 1. The second-order valence-electron chi connectivity index (χ2n) is 4.32. The highest BCUT2D eigenvalue weighted by molar-refractivity contribution is 8.20. The maximum absolute atomic E-state index is 11.9. The highest BCUT2D eigenvalue weighted by Crippen LogP contribution is 2.45. The quantitative estimate of drug-likeness (QED) is 0.818. The molecule has 1 atom stereocenters. The fraction of sp³-hybridized carbons (Fsp3) is 0.231. The number of benzene rings is 1. The Kier molecular flexibility index (Phi) is 3.73. The van der Waals surface area contributed by atoms with E-state index in [4.69, 9.17) is 11.6 Å². The van der Waals surface area contributed by atoms with E-state index in [0.717, 1.165) is 10.5 Å². The maximum atomic E-state index is 11.9. The van der Waals surface area contributed by atoms with Gasteiger partial charge >= 0.3 is 0 Å². The first-order valence-corrected chi connectivity index (χ1v) is 9.56. The SMILES string of the molecule is O=S1(=O)CCC2=C1SC=CC2Sc1cccc(Cl)c1. The van der Waals surface area contributed by atoms with E-state index in [2.05, 4.69) is 6.08 Å². The lowest BCUT2D eigenvalue weighted by Gasteiger charge is -2.18. The van der Waals surface area contributed by atoms with E-state index in [0.29, 0.717) is 15.7 Å². The summed E-state index contributed by atoms with van der Waals surface area (Å²) in [4.78, 5) is 1.06. The summed E-state index contributed by atoms with van der Waals surface area (Å²) < 4.78 is 24.4. The molecule has 2 aliphatic rings. The Bertz CT molecular complexity index is 677. The summed E-state index contributed by atoms with van der Waals surface area (Å²) in [6.45, 7) is 0. The van der Waals surface area contributed by atoms with Gasteiger partial charge in [0.2, 0.25) is 0 Å². The smallest absolute Gasteiger partial charge is 0.184 e. The van der Waals surface area contributed by atoms with Crippen molar-refractivity contribution in [1.29, 1.82) is 0 Å². The first-order chi connectivity index (χ1) is 9.06. The second-order valence-corrected chi connectivity index (χ2v) is 9.20. The third-order valence-corrected chi connectivity index (χ3v) is 7.86. The normalized spacial score (nSPS) is 24.6. The molecule has 2 heterocycles. The summed E-state index contributed by atoms with van der Waals surface area (Å²) >= 11 is 8.95. The van der Waals surface area contributed by atoms with Crippen molar-refractivity contribution < 1.29 is 8.42 Å². The molecule has 0 bridgehead atoms. The number of thioether (sulfide) groups is 2. The molecule has 3 rings (SSSR count). The van der Waals surface area contributed by atoms with Gasteiger partial charge < -0.3 is 0 Å². The largest absolute Gasteiger partial charge is 0.223 e. The van der Waals surface area contributed by atoms with E-state index in [1.54, 1.807) is 11.8 Å². The van der Waals surface area contributed by atoms with Crippen LogP contribution in [0.1, 0.15) is 6.42 Å². The first kappa shape index (κ1) is 13.6. The fourth-order valence-corrected chi connectivity index (χ4v) is 6.86. The van der Waals surface area contributed by atoms with Crippen molar-refractivity contribution in [2.75, 3.05) is 5.75 Å². The van der Waals surface area contributed by atoms with E-state index < -0.39 is 9.84 Å². The lowest BCUT2D eigenvalue weighted by atomic mass is 10.1. The van der Waals surface area contributed by atoms with Gasteiger partial charge in [-0.05, 0) is 35.6 Å². The van der Waals surface area contributed by atoms with E-state index in [-0.39, 0.29) is 11.0 Å². The van der Waals surface area contributed by atoms with Crippen LogP contribution in [0.2, 0.25) is 5.02 Å². The summed E-state index contributed by atoms with van der Waals surface area (Å²) in [5.41, 5.74) is 1.04. The van der Waals surface area contributed by atoms with Crippen LogP contribution in [-0.2, 0) is 9.84 Å². The third kappa shape index (κ3) is 2.75. The minimum Gasteiger partial charge on any atom is -0.223 e. The predicted octanol–water partition coefficient (Wildman–Crippen LogP) is 4.09. The van der Waals surface area contributed by atoms with Crippen molar-refractivity contribution in [2.45, 2.75) is 16.6 Å². The van der Waals surface area contributed by atoms with Gasteiger partial charge in [-0.3, -0.25) is 0 Å². The Morgan fingerprint density at radius 3 is 3.00 bits per heavy atom. The van der Waals surface area contributed by atoms with Gasteiger partial charge in [-0.1, -0.05) is 35.5 Å². The van der Waals surface area contributed by atoms with Crippen LogP contribution in [0.4, 0.5) is 0 Å². The summed E-state index contributed by atoms with van der Waals surface area (Å²) in [5.74, 6) is 0.249. The van der Waals surface area contributed by atoms with Crippen molar-refractivity contribution >= 4 is 45.0 Å². The average molecular weight is 331 g/mol. The molecule has 100 valence electrons. The molecule has 2 nitrogen and oxygen atoms in total. The molecule has 1 unspecified atom stereocenters. The van der Waals surface area contributed by atoms with Gasteiger partial charge in [-0.15, -0.1) is 11.8 Å². The van der Waals surface area contributed by atoms with Crippen LogP contribution in [-0.4, -0.2) is 19.4 Å².